The van der Waals surface area contributed by atoms with Crippen molar-refractivity contribution in [1.29, 1.82) is 0 Å². The first kappa shape index (κ1) is 11.2. The highest BCUT2D eigenvalue weighted by molar-refractivity contribution is 5.81. The second-order valence-electron chi connectivity index (χ2n) is 4.33. The fourth-order valence-corrected chi connectivity index (χ4v) is 1.87. The van der Waals surface area contributed by atoms with Crippen LogP contribution in [0.15, 0.2) is 12.1 Å². The minimum absolute atomic E-state index is 0.418. The molecule has 96 valence electrons. The molecule has 3 N–H and O–H groups in total. The lowest BCUT2D eigenvalue weighted by Gasteiger charge is -2.17. The van der Waals surface area contributed by atoms with Crippen LogP contribution in [-0.2, 0) is 0 Å². The molecule has 2 heterocycles. The second kappa shape index (κ2) is 4.38. The topological polar surface area (TPSA) is 79.4 Å². The number of hydrogen-bond donors (Lipinski definition) is 3. The van der Waals surface area contributed by atoms with Crippen molar-refractivity contribution in [2.24, 2.45) is 0 Å². The van der Waals surface area contributed by atoms with Crippen LogP contribution in [0.3, 0.4) is 0 Å². The maximum Gasteiger partial charge on any atom is 0.201 e. The fourth-order valence-electron chi connectivity index (χ4n) is 1.87. The molecule has 1 unspecified atom stereocenters. The largest absolute Gasteiger partial charge is 0.486 e. The van der Waals surface area contributed by atoms with Gasteiger partial charge in [-0.1, -0.05) is 0 Å². The number of aliphatic hydroxyl groups excluding tert-OH is 1. The lowest BCUT2D eigenvalue weighted by atomic mass is 10.2. The third kappa shape index (κ3) is 2.06. The quantitative estimate of drug-likeness (QED) is 0.759. The second-order valence-corrected chi connectivity index (χ2v) is 4.33. The van der Waals surface area contributed by atoms with Crippen LogP contribution in [0.2, 0.25) is 0 Å². The van der Waals surface area contributed by atoms with E-state index in [1.54, 1.807) is 6.92 Å². The summed E-state index contributed by atoms with van der Waals surface area (Å²) < 4.78 is 11.0. The molecule has 1 aliphatic heterocycles. The van der Waals surface area contributed by atoms with Crippen molar-refractivity contribution < 1.29 is 14.6 Å². The Labute approximate surface area is 104 Å². The van der Waals surface area contributed by atoms with E-state index in [-0.39, 0.29) is 0 Å². The molecule has 6 heteroatoms. The van der Waals surface area contributed by atoms with E-state index < -0.39 is 6.10 Å². The van der Waals surface area contributed by atoms with Crippen molar-refractivity contribution >= 4 is 17.0 Å². The van der Waals surface area contributed by atoms with Crippen molar-refractivity contribution in [2.45, 2.75) is 13.0 Å². The molecule has 0 bridgehead atoms. The molecule has 3 rings (SSSR count). The highest BCUT2D eigenvalue weighted by atomic mass is 16.6. The Kier molecular flexibility index (Phi) is 2.71. The smallest absolute Gasteiger partial charge is 0.201 e. The fraction of sp³-hybridized carbons (Fsp3) is 0.417. The number of benzene rings is 1. The van der Waals surface area contributed by atoms with Gasteiger partial charge >= 0.3 is 0 Å². The van der Waals surface area contributed by atoms with Gasteiger partial charge in [-0.05, 0) is 6.92 Å². The third-order valence-electron chi connectivity index (χ3n) is 2.71. The molecule has 2 aromatic rings. The normalized spacial score (nSPS) is 15.7. The molecule has 0 amide bonds. The lowest BCUT2D eigenvalue weighted by molar-refractivity contribution is 0.172. The number of aromatic amines is 1. The number of hydrogen-bond acceptors (Lipinski definition) is 5. The van der Waals surface area contributed by atoms with Gasteiger partial charge in [0.25, 0.3) is 0 Å². The molecule has 6 nitrogen and oxygen atoms in total. The minimum atomic E-state index is -0.418. The number of imidazole rings is 1. The summed E-state index contributed by atoms with van der Waals surface area (Å²) in [4.78, 5) is 7.51. The molecule has 1 aliphatic rings. The van der Waals surface area contributed by atoms with Crippen LogP contribution >= 0.6 is 0 Å². The first-order valence-electron chi connectivity index (χ1n) is 5.93. The first-order chi connectivity index (χ1) is 8.72. The van der Waals surface area contributed by atoms with Crippen LogP contribution in [0, 0.1) is 0 Å². The molecule has 0 radical (unpaired) electrons. The summed E-state index contributed by atoms with van der Waals surface area (Å²) in [6.45, 7) is 3.30. The number of aromatic nitrogens is 2. The predicted molar refractivity (Wildman–Crippen MR) is 67.3 cm³/mol. The highest BCUT2D eigenvalue weighted by Crippen LogP contribution is 2.34. The molecule has 18 heavy (non-hydrogen) atoms. The van der Waals surface area contributed by atoms with Crippen molar-refractivity contribution in [3.63, 3.8) is 0 Å². The van der Waals surface area contributed by atoms with Crippen molar-refractivity contribution in [3.8, 4) is 11.5 Å². The molecule has 1 aromatic carbocycles. The van der Waals surface area contributed by atoms with E-state index >= 15 is 0 Å². The maximum absolute atomic E-state index is 9.22. The summed E-state index contributed by atoms with van der Waals surface area (Å²) in [5, 5.41) is 12.2. The number of anilines is 1. The Morgan fingerprint density at radius 3 is 2.83 bits per heavy atom. The number of aliphatic hydroxyl groups is 1. The van der Waals surface area contributed by atoms with Gasteiger partial charge < -0.3 is 24.9 Å². The molecular weight excluding hydrogens is 234 g/mol. The maximum atomic E-state index is 9.22. The Hall–Kier alpha value is -1.95. The van der Waals surface area contributed by atoms with Crippen molar-refractivity contribution in [2.75, 3.05) is 25.1 Å². The van der Waals surface area contributed by atoms with Gasteiger partial charge in [0.1, 0.15) is 13.2 Å². The Morgan fingerprint density at radius 2 is 2.11 bits per heavy atom. The predicted octanol–water partition coefficient (Wildman–Crippen LogP) is 1.13. The summed E-state index contributed by atoms with van der Waals surface area (Å²) in [6.07, 6.45) is -0.418. The SMILES string of the molecule is CC(O)CNc1nc2cc3c(cc2[nH]1)OCCO3. The number of nitrogens with zero attached hydrogens (tertiary/aromatic N) is 1. The van der Waals surface area contributed by atoms with Crippen LogP contribution in [0.4, 0.5) is 5.95 Å². The number of nitrogens with one attached hydrogen (secondary N) is 2. The van der Waals surface area contributed by atoms with Gasteiger partial charge in [-0.15, -0.1) is 0 Å². The molecule has 0 aliphatic carbocycles. The van der Waals surface area contributed by atoms with Gasteiger partial charge in [0.05, 0.1) is 17.1 Å². The van der Waals surface area contributed by atoms with E-state index in [9.17, 15) is 5.11 Å². The average Bonchev–Trinajstić information content (AvgIpc) is 2.75. The van der Waals surface area contributed by atoms with E-state index in [1.807, 2.05) is 12.1 Å². The van der Waals surface area contributed by atoms with Crippen LogP contribution in [0.5, 0.6) is 11.5 Å². The molecule has 1 atom stereocenters. The molecule has 0 saturated heterocycles. The Morgan fingerprint density at radius 1 is 1.39 bits per heavy atom. The van der Waals surface area contributed by atoms with Crippen molar-refractivity contribution in [3.05, 3.63) is 12.1 Å². The Bertz CT molecular complexity index is 522. The van der Waals surface area contributed by atoms with E-state index in [2.05, 4.69) is 15.3 Å². The van der Waals surface area contributed by atoms with Crippen LogP contribution in [-0.4, -0.2) is 40.9 Å². The van der Waals surface area contributed by atoms with E-state index in [0.717, 1.165) is 22.5 Å². The monoisotopic (exact) mass is 249 g/mol. The summed E-state index contributed by atoms with van der Waals surface area (Å²) in [5.74, 6) is 2.09. The van der Waals surface area contributed by atoms with Gasteiger partial charge in [0.15, 0.2) is 11.5 Å². The third-order valence-corrected chi connectivity index (χ3v) is 2.71. The molecule has 1 aromatic heterocycles. The van der Waals surface area contributed by atoms with Crippen molar-refractivity contribution in [1.82, 2.24) is 9.97 Å². The summed E-state index contributed by atoms with van der Waals surface area (Å²) >= 11 is 0. The van der Waals surface area contributed by atoms with Gasteiger partial charge in [-0.25, -0.2) is 4.98 Å². The van der Waals surface area contributed by atoms with E-state index in [0.29, 0.717) is 25.7 Å². The zero-order valence-corrected chi connectivity index (χ0v) is 10.1. The lowest BCUT2D eigenvalue weighted by Crippen LogP contribution is -2.15. The van der Waals surface area contributed by atoms with Crippen LogP contribution in [0.25, 0.3) is 11.0 Å². The number of H-pyrrole nitrogens is 1. The van der Waals surface area contributed by atoms with E-state index in [4.69, 9.17) is 9.47 Å². The molecular formula is C12H15N3O3. The highest BCUT2D eigenvalue weighted by Gasteiger charge is 2.14. The zero-order valence-electron chi connectivity index (χ0n) is 10.1. The van der Waals surface area contributed by atoms with Gasteiger partial charge in [-0.3, -0.25) is 0 Å². The average molecular weight is 249 g/mol. The summed E-state index contributed by atoms with van der Waals surface area (Å²) in [5.41, 5.74) is 1.69. The molecule has 0 spiro atoms. The standard InChI is InChI=1S/C12H15N3O3/c1-7(16)6-13-12-14-8-4-10-11(5-9(8)15-12)18-3-2-17-10/h4-5,7,16H,2-3,6H2,1H3,(H2,13,14,15). The van der Waals surface area contributed by atoms with E-state index in [1.165, 1.54) is 0 Å². The number of fused-ring (bicyclic) bond motifs is 2. The Balaban J connectivity index is 1.91. The zero-order chi connectivity index (χ0) is 12.5. The number of rotatable bonds is 3. The van der Waals surface area contributed by atoms with Gasteiger partial charge in [-0.2, -0.15) is 0 Å². The first-order valence-corrected chi connectivity index (χ1v) is 5.93. The molecule has 0 fully saturated rings. The molecule has 0 saturated carbocycles. The van der Waals surface area contributed by atoms with Crippen LogP contribution in [0.1, 0.15) is 6.92 Å². The number of ether oxygens (including phenoxy) is 2. The van der Waals surface area contributed by atoms with Crippen LogP contribution < -0.4 is 14.8 Å². The minimum Gasteiger partial charge on any atom is -0.486 e. The van der Waals surface area contributed by atoms with Gasteiger partial charge in [0, 0.05) is 18.7 Å². The summed E-state index contributed by atoms with van der Waals surface area (Å²) in [6, 6.07) is 3.73. The van der Waals surface area contributed by atoms with Gasteiger partial charge in [0.2, 0.25) is 5.95 Å². The summed E-state index contributed by atoms with van der Waals surface area (Å²) in [7, 11) is 0.